The van der Waals surface area contributed by atoms with Gasteiger partial charge in [-0.2, -0.15) is 0 Å². The largest absolute Gasteiger partial charge is 0.460 e. The van der Waals surface area contributed by atoms with Crippen LogP contribution in [0.25, 0.3) is 0 Å². The molecule has 1 aromatic carbocycles. The Morgan fingerprint density at radius 2 is 2.00 bits per heavy atom. The SMILES string of the molecule is COCCOC(=O)C1=C(N)Oc2c(oc(CO)cc2=O)[C@@H]1c1ccc(Cl)cc1. The standard InChI is InChI=1S/C19H18ClNO7/c1-25-6-7-26-19(24)15-14(10-2-4-11(20)5-3-10)17-16(28-18(15)21)13(23)8-12(9-22)27-17/h2-5,8,14,22H,6-7,9,21H2,1H3/t14-/m1/s1. The van der Waals surface area contributed by atoms with E-state index in [9.17, 15) is 14.7 Å². The van der Waals surface area contributed by atoms with Crippen LogP contribution in [0.4, 0.5) is 0 Å². The molecule has 0 radical (unpaired) electrons. The maximum absolute atomic E-state index is 12.7. The summed E-state index contributed by atoms with van der Waals surface area (Å²) in [6.07, 6.45) is 0. The molecule has 0 amide bonds. The zero-order chi connectivity index (χ0) is 20.3. The van der Waals surface area contributed by atoms with Crippen LogP contribution in [0, 0.1) is 0 Å². The number of benzene rings is 1. The van der Waals surface area contributed by atoms with E-state index in [2.05, 4.69) is 0 Å². The lowest BCUT2D eigenvalue weighted by atomic mass is 9.86. The van der Waals surface area contributed by atoms with Crippen LogP contribution >= 0.6 is 11.6 Å². The Hall–Kier alpha value is -2.81. The minimum Gasteiger partial charge on any atom is -0.460 e. The van der Waals surface area contributed by atoms with Gasteiger partial charge in [-0.15, -0.1) is 0 Å². The van der Waals surface area contributed by atoms with E-state index in [1.165, 1.54) is 7.11 Å². The first-order valence-corrected chi connectivity index (χ1v) is 8.70. The first-order valence-electron chi connectivity index (χ1n) is 8.33. The number of ether oxygens (including phenoxy) is 3. The van der Waals surface area contributed by atoms with Crippen LogP contribution in [0.1, 0.15) is 23.0 Å². The summed E-state index contributed by atoms with van der Waals surface area (Å²) in [5, 5.41) is 9.88. The minimum atomic E-state index is -0.879. The fourth-order valence-electron chi connectivity index (χ4n) is 2.84. The lowest BCUT2D eigenvalue weighted by molar-refractivity contribution is -0.140. The highest BCUT2D eigenvalue weighted by Crippen LogP contribution is 2.41. The minimum absolute atomic E-state index is 0.00688. The number of fused-ring (bicyclic) bond motifs is 1. The number of rotatable bonds is 6. The third-order valence-corrected chi connectivity index (χ3v) is 4.36. The number of nitrogens with two attached hydrogens (primary N) is 1. The van der Waals surface area contributed by atoms with E-state index in [1.807, 2.05) is 0 Å². The smallest absolute Gasteiger partial charge is 0.340 e. The van der Waals surface area contributed by atoms with Crippen molar-refractivity contribution in [2.75, 3.05) is 20.3 Å². The van der Waals surface area contributed by atoms with Gasteiger partial charge < -0.3 is 29.5 Å². The Kier molecular flexibility index (Phi) is 6.03. The van der Waals surface area contributed by atoms with Crippen molar-refractivity contribution in [1.29, 1.82) is 0 Å². The molecule has 2 heterocycles. The molecular formula is C19H18ClNO7. The summed E-state index contributed by atoms with van der Waals surface area (Å²) < 4.78 is 21.1. The van der Waals surface area contributed by atoms with E-state index >= 15 is 0 Å². The second kappa shape index (κ2) is 8.47. The number of aliphatic hydroxyl groups excluding tert-OH is 1. The van der Waals surface area contributed by atoms with Crippen LogP contribution in [-0.4, -0.2) is 31.4 Å². The maximum Gasteiger partial charge on any atom is 0.340 e. The van der Waals surface area contributed by atoms with E-state index in [4.69, 9.17) is 36.0 Å². The van der Waals surface area contributed by atoms with E-state index in [1.54, 1.807) is 24.3 Å². The number of halogens is 1. The predicted octanol–water partition coefficient (Wildman–Crippen LogP) is 1.67. The summed E-state index contributed by atoms with van der Waals surface area (Å²) in [4.78, 5) is 25.1. The van der Waals surface area contributed by atoms with Gasteiger partial charge in [0.05, 0.1) is 12.5 Å². The van der Waals surface area contributed by atoms with Crippen LogP contribution < -0.4 is 15.9 Å². The molecule has 1 aromatic heterocycles. The molecule has 9 heteroatoms. The van der Waals surface area contributed by atoms with Crippen molar-refractivity contribution >= 4 is 17.6 Å². The Bertz CT molecular complexity index is 965. The molecule has 1 atom stereocenters. The van der Waals surface area contributed by atoms with Crippen molar-refractivity contribution in [3.05, 3.63) is 74.1 Å². The highest BCUT2D eigenvalue weighted by atomic mass is 35.5. The van der Waals surface area contributed by atoms with E-state index in [0.717, 1.165) is 6.07 Å². The Balaban J connectivity index is 2.15. The number of hydrogen-bond donors (Lipinski definition) is 2. The molecule has 0 bridgehead atoms. The van der Waals surface area contributed by atoms with Crippen molar-refractivity contribution in [2.24, 2.45) is 5.73 Å². The van der Waals surface area contributed by atoms with Gasteiger partial charge in [0, 0.05) is 18.2 Å². The number of carbonyl (C=O) groups excluding carboxylic acids is 1. The lowest BCUT2D eigenvalue weighted by Crippen LogP contribution is -2.30. The first kappa shape index (κ1) is 19.9. The molecule has 28 heavy (non-hydrogen) atoms. The van der Waals surface area contributed by atoms with Crippen molar-refractivity contribution in [2.45, 2.75) is 12.5 Å². The molecule has 0 saturated heterocycles. The third-order valence-electron chi connectivity index (χ3n) is 4.11. The molecule has 0 unspecified atom stereocenters. The topological polar surface area (TPSA) is 121 Å². The number of esters is 1. The highest BCUT2D eigenvalue weighted by Gasteiger charge is 2.39. The normalized spacial score (nSPS) is 15.8. The molecule has 3 rings (SSSR count). The van der Waals surface area contributed by atoms with Gasteiger partial charge in [-0.25, -0.2) is 4.79 Å². The van der Waals surface area contributed by atoms with Gasteiger partial charge in [0.25, 0.3) is 0 Å². The van der Waals surface area contributed by atoms with Crippen LogP contribution in [0.15, 0.2) is 51.0 Å². The summed E-state index contributed by atoms with van der Waals surface area (Å²) >= 11 is 5.96. The molecule has 3 N–H and O–H groups in total. The zero-order valence-corrected chi connectivity index (χ0v) is 15.7. The molecule has 148 valence electrons. The Morgan fingerprint density at radius 3 is 2.64 bits per heavy atom. The van der Waals surface area contributed by atoms with E-state index < -0.39 is 23.9 Å². The highest BCUT2D eigenvalue weighted by molar-refractivity contribution is 6.30. The third kappa shape index (κ3) is 3.89. The van der Waals surface area contributed by atoms with Crippen LogP contribution in [0.3, 0.4) is 0 Å². The van der Waals surface area contributed by atoms with Gasteiger partial charge in [0.2, 0.25) is 17.1 Å². The van der Waals surface area contributed by atoms with Gasteiger partial charge in [-0.05, 0) is 17.7 Å². The number of carbonyl (C=O) groups is 1. The summed E-state index contributed by atoms with van der Waals surface area (Å²) in [7, 11) is 1.48. The monoisotopic (exact) mass is 407 g/mol. The predicted molar refractivity (Wildman–Crippen MR) is 98.9 cm³/mol. The molecule has 1 aliphatic rings. The summed E-state index contributed by atoms with van der Waals surface area (Å²) in [5.74, 6) is -1.96. The van der Waals surface area contributed by atoms with E-state index in [-0.39, 0.29) is 41.9 Å². The number of aliphatic hydroxyl groups is 1. The fraction of sp³-hybridized carbons (Fsp3) is 0.263. The summed E-state index contributed by atoms with van der Waals surface area (Å²) in [6, 6.07) is 7.70. The average Bonchev–Trinajstić information content (AvgIpc) is 2.68. The number of hydrogen-bond acceptors (Lipinski definition) is 8. The molecule has 2 aromatic rings. The van der Waals surface area contributed by atoms with Crippen LogP contribution in [0.2, 0.25) is 5.02 Å². The van der Waals surface area contributed by atoms with Crippen molar-refractivity contribution in [3.63, 3.8) is 0 Å². The molecular weight excluding hydrogens is 390 g/mol. The van der Waals surface area contributed by atoms with Gasteiger partial charge in [-0.3, -0.25) is 4.79 Å². The summed E-state index contributed by atoms with van der Waals surface area (Å²) in [5.41, 5.74) is 5.99. The average molecular weight is 408 g/mol. The van der Waals surface area contributed by atoms with Gasteiger partial charge in [0.15, 0.2) is 5.76 Å². The molecule has 0 saturated carbocycles. The van der Waals surface area contributed by atoms with Crippen molar-refractivity contribution in [3.8, 4) is 5.75 Å². The quantitative estimate of drug-likeness (QED) is 0.548. The van der Waals surface area contributed by atoms with Crippen molar-refractivity contribution < 1.29 is 28.5 Å². The second-order valence-electron chi connectivity index (χ2n) is 5.92. The Labute approximate surface area is 165 Å². The molecule has 0 fully saturated rings. The number of methoxy groups -OCH3 is 1. The van der Waals surface area contributed by atoms with Crippen molar-refractivity contribution in [1.82, 2.24) is 0 Å². The summed E-state index contributed by atoms with van der Waals surface area (Å²) in [6.45, 7) is -0.290. The van der Waals surface area contributed by atoms with Crippen LogP contribution in [0.5, 0.6) is 5.75 Å². The molecule has 0 aliphatic carbocycles. The maximum atomic E-state index is 12.7. The van der Waals surface area contributed by atoms with Crippen LogP contribution in [-0.2, 0) is 20.9 Å². The van der Waals surface area contributed by atoms with E-state index in [0.29, 0.717) is 10.6 Å². The van der Waals surface area contributed by atoms with Gasteiger partial charge >= 0.3 is 5.97 Å². The first-order chi connectivity index (χ1) is 13.5. The van der Waals surface area contributed by atoms with Gasteiger partial charge in [-0.1, -0.05) is 23.7 Å². The molecule has 1 aliphatic heterocycles. The molecule has 0 spiro atoms. The fourth-order valence-corrected chi connectivity index (χ4v) is 2.97. The zero-order valence-electron chi connectivity index (χ0n) is 14.9. The molecule has 8 nitrogen and oxygen atoms in total. The van der Waals surface area contributed by atoms with Gasteiger partial charge in [0.1, 0.15) is 24.5 Å². The second-order valence-corrected chi connectivity index (χ2v) is 6.36. The lowest BCUT2D eigenvalue weighted by Gasteiger charge is -2.27. The Morgan fingerprint density at radius 1 is 1.29 bits per heavy atom.